The lowest BCUT2D eigenvalue weighted by atomic mass is 9.88. The number of halogens is 1. The summed E-state index contributed by atoms with van der Waals surface area (Å²) in [5, 5.41) is 3.52. The lowest BCUT2D eigenvalue weighted by Crippen LogP contribution is -2.48. The Labute approximate surface area is 128 Å². The molecule has 1 aromatic rings. The highest BCUT2D eigenvalue weighted by Gasteiger charge is 2.28. The third-order valence-corrected chi connectivity index (χ3v) is 4.73. The van der Waals surface area contributed by atoms with Crippen LogP contribution in [0.15, 0.2) is 12.4 Å². The number of nitrogens with one attached hydrogen (secondary N) is 1. The summed E-state index contributed by atoms with van der Waals surface area (Å²) in [6.07, 6.45) is 11.1. The first kappa shape index (κ1) is 15.8. The van der Waals surface area contributed by atoms with Crippen molar-refractivity contribution in [2.45, 2.75) is 38.1 Å². The molecule has 114 valence electrons. The van der Waals surface area contributed by atoms with Crippen LogP contribution in [0.1, 0.15) is 44.0 Å². The maximum atomic E-state index is 4.56. The first-order valence-electron chi connectivity index (χ1n) is 7.76. The van der Waals surface area contributed by atoms with Crippen molar-refractivity contribution in [2.24, 2.45) is 13.0 Å². The molecule has 2 aliphatic rings. The number of hydrogen-bond donors (Lipinski definition) is 1. The summed E-state index contributed by atoms with van der Waals surface area (Å²) >= 11 is 0. The number of aryl methyl sites for hydroxylation is 1. The van der Waals surface area contributed by atoms with Gasteiger partial charge in [-0.25, -0.2) is 4.98 Å². The van der Waals surface area contributed by atoms with Crippen LogP contribution in [0, 0.1) is 5.92 Å². The van der Waals surface area contributed by atoms with Gasteiger partial charge >= 0.3 is 0 Å². The molecule has 0 spiro atoms. The maximum Gasteiger partial charge on any atom is 0.127 e. The molecule has 0 bridgehead atoms. The van der Waals surface area contributed by atoms with Gasteiger partial charge in [0.05, 0.1) is 6.04 Å². The van der Waals surface area contributed by atoms with Crippen LogP contribution < -0.4 is 5.32 Å². The zero-order valence-electron chi connectivity index (χ0n) is 12.4. The van der Waals surface area contributed by atoms with Gasteiger partial charge in [0.1, 0.15) is 5.82 Å². The molecule has 1 aromatic heterocycles. The fraction of sp³-hybridized carbons (Fsp3) is 0.800. The van der Waals surface area contributed by atoms with E-state index in [4.69, 9.17) is 0 Å². The highest BCUT2D eigenvalue weighted by atomic mass is 35.5. The first-order valence-corrected chi connectivity index (χ1v) is 7.76. The monoisotopic (exact) mass is 298 g/mol. The first-order chi connectivity index (χ1) is 9.34. The largest absolute Gasteiger partial charge is 0.337 e. The van der Waals surface area contributed by atoms with Gasteiger partial charge in [0, 0.05) is 45.6 Å². The highest BCUT2D eigenvalue weighted by Crippen LogP contribution is 2.28. The van der Waals surface area contributed by atoms with Gasteiger partial charge in [0.2, 0.25) is 0 Å². The quantitative estimate of drug-likeness (QED) is 0.930. The van der Waals surface area contributed by atoms with E-state index in [0.717, 1.165) is 25.6 Å². The molecule has 1 saturated carbocycles. The summed E-state index contributed by atoms with van der Waals surface area (Å²) in [6.45, 7) is 4.58. The number of aromatic nitrogens is 2. The van der Waals surface area contributed by atoms with Gasteiger partial charge in [-0.1, -0.05) is 19.3 Å². The minimum atomic E-state index is 0. The maximum absolute atomic E-state index is 4.56. The van der Waals surface area contributed by atoms with Gasteiger partial charge in [-0.3, -0.25) is 4.90 Å². The number of piperazine rings is 1. The van der Waals surface area contributed by atoms with Gasteiger partial charge in [-0.05, 0) is 18.8 Å². The number of nitrogens with zero attached hydrogens (tertiary/aromatic N) is 3. The highest BCUT2D eigenvalue weighted by molar-refractivity contribution is 5.85. The number of imidazole rings is 1. The van der Waals surface area contributed by atoms with Crippen LogP contribution in [0.4, 0.5) is 0 Å². The molecule has 1 aliphatic heterocycles. The summed E-state index contributed by atoms with van der Waals surface area (Å²) in [4.78, 5) is 7.23. The summed E-state index contributed by atoms with van der Waals surface area (Å²) < 4.78 is 2.17. The molecule has 0 radical (unpaired) electrons. The Morgan fingerprint density at radius 3 is 2.80 bits per heavy atom. The average molecular weight is 299 g/mol. The minimum absolute atomic E-state index is 0. The summed E-state index contributed by atoms with van der Waals surface area (Å²) in [7, 11) is 2.11. The summed E-state index contributed by atoms with van der Waals surface area (Å²) in [5.74, 6) is 2.12. The van der Waals surface area contributed by atoms with E-state index in [1.165, 1.54) is 44.5 Å². The van der Waals surface area contributed by atoms with Crippen molar-refractivity contribution in [3.63, 3.8) is 0 Å². The summed E-state index contributed by atoms with van der Waals surface area (Å²) in [6, 6.07) is 0.454. The Morgan fingerprint density at radius 2 is 2.10 bits per heavy atom. The molecule has 1 saturated heterocycles. The molecule has 20 heavy (non-hydrogen) atoms. The predicted molar refractivity (Wildman–Crippen MR) is 84.2 cm³/mol. The molecule has 2 heterocycles. The van der Waals surface area contributed by atoms with Gasteiger partial charge in [-0.15, -0.1) is 12.4 Å². The Hall–Kier alpha value is -0.580. The average Bonchev–Trinajstić information content (AvgIpc) is 2.87. The zero-order valence-corrected chi connectivity index (χ0v) is 13.2. The fourth-order valence-corrected chi connectivity index (χ4v) is 3.62. The fourth-order valence-electron chi connectivity index (χ4n) is 3.62. The molecule has 1 unspecified atom stereocenters. The molecular formula is C15H27ClN4. The van der Waals surface area contributed by atoms with Crippen LogP contribution in [0.5, 0.6) is 0 Å². The van der Waals surface area contributed by atoms with Crippen molar-refractivity contribution < 1.29 is 0 Å². The molecule has 0 amide bonds. The van der Waals surface area contributed by atoms with E-state index in [2.05, 4.69) is 33.0 Å². The molecular weight excluding hydrogens is 272 g/mol. The van der Waals surface area contributed by atoms with Crippen LogP contribution >= 0.6 is 12.4 Å². The lowest BCUT2D eigenvalue weighted by molar-refractivity contribution is 0.117. The second-order valence-electron chi connectivity index (χ2n) is 6.12. The third kappa shape index (κ3) is 3.54. The van der Waals surface area contributed by atoms with E-state index >= 15 is 0 Å². The number of hydrogen-bond acceptors (Lipinski definition) is 3. The van der Waals surface area contributed by atoms with Gasteiger partial charge in [0.25, 0.3) is 0 Å². The third-order valence-electron chi connectivity index (χ3n) is 4.73. The Morgan fingerprint density at radius 1 is 1.30 bits per heavy atom. The van der Waals surface area contributed by atoms with Crippen molar-refractivity contribution in [3.8, 4) is 0 Å². The second kappa shape index (κ2) is 7.43. The second-order valence-corrected chi connectivity index (χ2v) is 6.12. The van der Waals surface area contributed by atoms with Crippen LogP contribution in [0.2, 0.25) is 0 Å². The molecule has 1 aliphatic carbocycles. The van der Waals surface area contributed by atoms with E-state index < -0.39 is 0 Å². The predicted octanol–water partition coefficient (Wildman–Crippen LogP) is 2.37. The van der Waals surface area contributed by atoms with Gasteiger partial charge in [0.15, 0.2) is 0 Å². The van der Waals surface area contributed by atoms with Crippen LogP contribution in [0.25, 0.3) is 0 Å². The van der Waals surface area contributed by atoms with E-state index in [0.29, 0.717) is 6.04 Å². The number of rotatable bonds is 3. The molecule has 2 fully saturated rings. The Kier molecular flexibility index (Phi) is 5.87. The molecule has 5 heteroatoms. The molecule has 4 nitrogen and oxygen atoms in total. The molecule has 3 rings (SSSR count). The van der Waals surface area contributed by atoms with E-state index in [1.54, 1.807) is 0 Å². The standard InChI is InChI=1S/C15H26N4.ClH/c1-18-9-8-17-15(18)14-11-16-7-10-19(14)12-13-5-3-2-4-6-13;/h8-9,13-14,16H,2-7,10-12H2,1H3;1H. The smallest absolute Gasteiger partial charge is 0.127 e. The van der Waals surface area contributed by atoms with Crippen LogP contribution in [-0.4, -0.2) is 40.6 Å². The van der Waals surface area contributed by atoms with Crippen LogP contribution in [0.3, 0.4) is 0 Å². The lowest BCUT2D eigenvalue weighted by Gasteiger charge is -2.38. The van der Waals surface area contributed by atoms with Crippen molar-refractivity contribution in [3.05, 3.63) is 18.2 Å². The molecule has 0 aromatic carbocycles. The van der Waals surface area contributed by atoms with Crippen LogP contribution in [-0.2, 0) is 7.05 Å². The zero-order chi connectivity index (χ0) is 13.1. The molecule has 1 atom stereocenters. The van der Waals surface area contributed by atoms with E-state index in [1.807, 2.05) is 6.20 Å². The van der Waals surface area contributed by atoms with Gasteiger partial charge < -0.3 is 9.88 Å². The normalized spacial score (nSPS) is 25.4. The topological polar surface area (TPSA) is 33.1 Å². The molecule has 1 N–H and O–H groups in total. The van der Waals surface area contributed by atoms with Crippen molar-refractivity contribution in [1.82, 2.24) is 19.8 Å². The van der Waals surface area contributed by atoms with E-state index in [-0.39, 0.29) is 12.4 Å². The summed E-state index contributed by atoms with van der Waals surface area (Å²) in [5.41, 5.74) is 0. The van der Waals surface area contributed by atoms with Gasteiger partial charge in [-0.2, -0.15) is 0 Å². The minimum Gasteiger partial charge on any atom is -0.337 e. The van der Waals surface area contributed by atoms with E-state index in [9.17, 15) is 0 Å². The van der Waals surface area contributed by atoms with Crippen molar-refractivity contribution >= 4 is 12.4 Å². The Balaban J connectivity index is 0.00000147. The van der Waals surface area contributed by atoms with Crippen molar-refractivity contribution in [1.29, 1.82) is 0 Å². The van der Waals surface area contributed by atoms with Crippen molar-refractivity contribution in [2.75, 3.05) is 26.2 Å². The SMILES string of the molecule is Cl.Cn1ccnc1C1CNCCN1CC1CCCCC1. The Bertz CT molecular complexity index is 400.